The summed E-state index contributed by atoms with van der Waals surface area (Å²) >= 11 is 0. The van der Waals surface area contributed by atoms with Gasteiger partial charge in [0.2, 0.25) is 11.5 Å². The van der Waals surface area contributed by atoms with Gasteiger partial charge < -0.3 is 99.9 Å². The van der Waals surface area contributed by atoms with Gasteiger partial charge in [0.15, 0.2) is 82.6 Å². The third-order valence-electron chi connectivity index (χ3n) is 12.2. The van der Waals surface area contributed by atoms with Gasteiger partial charge in [-0.1, -0.05) is 18.2 Å². The highest BCUT2D eigenvalue weighted by Gasteiger charge is 2.51. The quantitative estimate of drug-likeness (QED) is 0.0303. The molecular formula is C52H46O26. The van der Waals surface area contributed by atoms with Crippen molar-refractivity contribution in [2.45, 2.75) is 54.7 Å². The normalized spacial score (nSPS) is 22.5. The highest BCUT2D eigenvalue weighted by Crippen LogP contribution is 2.49. The van der Waals surface area contributed by atoms with Crippen molar-refractivity contribution >= 4 is 54.0 Å². The SMILES string of the molecule is O=C(/C=C\c1ccc(O)c(O)c1)O[C@H]1[C@@H]([C@H](O)CO)OC(C(=O)O)=C[C@H]1OC(=O)[C@@H]1C(C(=O)O[C@@H]2C=C(C(=O)O)O[C@H]([C@H](O)CO)[C@@H]2OC(=O)/C=C/c2ccc(O)c(O)c2)=Cc2cc(O)c(O)cc2[C@@H]1c1ccc(O)c(O)c1. The van der Waals surface area contributed by atoms with E-state index < -0.39 is 173 Å². The van der Waals surface area contributed by atoms with Crippen LogP contribution in [0.5, 0.6) is 46.0 Å². The second-order valence-corrected chi connectivity index (χ2v) is 17.3. The Hall–Kier alpha value is -9.76. The van der Waals surface area contributed by atoms with Gasteiger partial charge in [-0.2, -0.15) is 0 Å². The number of esters is 4. The standard InChI is InChI=1S/C52H46O26/c53-19-35(63)45-47(77-41(65)9-3-21-1-6-27(55)30(58)11-21)37(17-39(73-45)49(67)68)75-51(71)26-13-24-15-33(61)34(62)16-25(24)43(23-5-8-29(57)32(60)14-23)44(26)52(72)76-38-18-40(50(69)70)74-46(36(64)20-54)48(38)78-42(66)10-4-22-2-7-28(56)31(59)12-22/h1-18,35-38,43-48,53-64H,19-20H2,(H,67,68)(H,69,70)/b9-3+,10-4-/t35-,36-,37-,38-,43+,44-,45-,46-,47-,48-/m1/s1. The highest BCUT2D eigenvalue weighted by molar-refractivity contribution is 6.02. The number of aliphatic hydroxyl groups excluding tert-OH is 4. The summed E-state index contributed by atoms with van der Waals surface area (Å²) in [5, 5.41) is 144. The number of carbonyl (C=O) groups is 6. The number of carbonyl (C=O) groups excluding carboxylic acids is 4. The summed E-state index contributed by atoms with van der Waals surface area (Å²) in [4.78, 5) is 82.0. The molecule has 0 amide bonds. The van der Waals surface area contributed by atoms with Gasteiger partial charge >= 0.3 is 35.8 Å². The van der Waals surface area contributed by atoms with E-state index in [1.165, 1.54) is 12.1 Å². The van der Waals surface area contributed by atoms with Crippen LogP contribution < -0.4 is 0 Å². The lowest BCUT2D eigenvalue weighted by Crippen LogP contribution is -2.54. The Bertz CT molecular complexity index is 3190. The lowest BCUT2D eigenvalue weighted by molar-refractivity contribution is -0.189. The van der Waals surface area contributed by atoms with Crippen LogP contribution in [0.25, 0.3) is 18.2 Å². The van der Waals surface area contributed by atoms with Crippen LogP contribution in [0.2, 0.25) is 0 Å². The molecular weight excluding hydrogens is 1040 g/mol. The fourth-order valence-electron chi connectivity index (χ4n) is 8.42. The number of ether oxygens (including phenoxy) is 6. The van der Waals surface area contributed by atoms with Crippen LogP contribution in [0.3, 0.4) is 0 Å². The molecule has 0 saturated heterocycles. The summed E-state index contributed by atoms with van der Waals surface area (Å²) in [5.41, 5.74) is -1.02. The number of aromatic hydroxyl groups is 8. The molecule has 26 nitrogen and oxygen atoms in total. The minimum absolute atomic E-state index is 0.129. The molecule has 2 heterocycles. The number of carboxylic acids is 2. The van der Waals surface area contributed by atoms with Crippen molar-refractivity contribution in [3.05, 3.63) is 136 Å². The van der Waals surface area contributed by atoms with Crippen LogP contribution in [0.4, 0.5) is 0 Å². The van der Waals surface area contributed by atoms with Crippen LogP contribution >= 0.6 is 0 Å². The molecule has 7 rings (SSSR count). The molecule has 10 atom stereocenters. The summed E-state index contributed by atoms with van der Waals surface area (Å²) in [7, 11) is 0. The fourth-order valence-corrected chi connectivity index (χ4v) is 8.42. The van der Waals surface area contributed by atoms with Crippen LogP contribution in [-0.2, 0) is 57.2 Å². The van der Waals surface area contributed by atoms with Gasteiger partial charge in [0.1, 0.15) is 12.2 Å². The number of carboxylic acid groups (broad SMARTS) is 2. The first-order valence-electron chi connectivity index (χ1n) is 22.8. The Kier molecular flexibility index (Phi) is 16.8. The van der Waals surface area contributed by atoms with Crippen molar-refractivity contribution in [3.63, 3.8) is 0 Å². The number of phenolic OH excluding ortho intramolecular Hbond substituents is 8. The van der Waals surface area contributed by atoms with E-state index in [-0.39, 0.29) is 27.8 Å². The first kappa shape index (κ1) is 56.0. The smallest absolute Gasteiger partial charge is 0.370 e. The number of benzene rings is 4. The van der Waals surface area contributed by atoms with Gasteiger partial charge in [-0.3, -0.25) is 4.79 Å². The summed E-state index contributed by atoms with van der Waals surface area (Å²) in [6.07, 6.45) is -10.8. The van der Waals surface area contributed by atoms with Crippen molar-refractivity contribution in [2.75, 3.05) is 13.2 Å². The van der Waals surface area contributed by atoms with Crippen molar-refractivity contribution < 1.29 is 129 Å². The molecule has 0 unspecified atom stereocenters. The lowest BCUT2D eigenvalue weighted by Gasteiger charge is -2.39. The molecule has 1 aliphatic carbocycles. The number of hydrogen-bond acceptors (Lipinski definition) is 24. The maximum absolute atomic E-state index is 15.3. The molecule has 0 fully saturated rings. The van der Waals surface area contributed by atoms with Crippen LogP contribution in [0.1, 0.15) is 33.7 Å². The molecule has 2 aliphatic heterocycles. The number of aliphatic hydroxyl groups is 4. The molecule has 3 aliphatic rings. The second kappa shape index (κ2) is 23.4. The summed E-state index contributed by atoms with van der Waals surface area (Å²) in [6, 6.07) is 11.7. The van der Waals surface area contributed by atoms with E-state index in [2.05, 4.69) is 0 Å². The van der Waals surface area contributed by atoms with Crippen molar-refractivity contribution in [2.24, 2.45) is 5.92 Å². The molecule has 26 heteroatoms. The van der Waals surface area contributed by atoms with E-state index >= 15 is 9.59 Å². The van der Waals surface area contributed by atoms with Crippen LogP contribution in [0, 0.1) is 5.92 Å². The Balaban J connectivity index is 1.34. The van der Waals surface area contributed by atoms with E-state index in [9.17, 15) is 90.7 Å². The van der Waals surface area contributed by atoms with Crippen molar-refractivity contribution in [3.8, 4) is 46.0 Å². The largest absolute Gasteiger partial charge is 0.504 e. The molecule has 0 aromatic heterocycles. The third-order valence-corrected chi connectivity index (χ3v) is 12.2. The zero-order chi connectivity index (χ0) is 56.9. The third kappa shape index (κ3) is 12.3. The second-order valence-electron chi connectivity index (χ2n) is 17.3. The number of rotatable bonds is 17. The lowest BCUT2D eigenvalue weighted by atomic mass is 9.71. The van der Waals surface area contributed by atoms with E-state index in [1.807, 2.05) is 0 Å². The minimum Gasteiger partial charge on any atom is -0.504 e. The fraction of sp³-hybridized carbons (Fsp3) is 0.231. The minimum atomic E-state index is -2.20. The average Bonchev–Trinajstić information content (AvgIpc) is 3.41. The topological polar surface area (TPSA) is 441 Å². The van der Waals surface area contributed by atoms with Gasteiger partial charge in [-0.15, -0.1) is 0 Å². The first-order chi connectivity index (χ1) is 37.0. The Labute approximate surface area is 437 Å². The molecule has 0 bridgehead atoms. The number of hydrogen-bond donors (Lipinski definition) is 14. The van der Waals surface area contributed by atoms with E-state index in [0.29, 0.717) is 12.2 Å². The zero-order valence-corrected chi connectivity index (χ0v) is 39.7. The van der Waals surface area contributed by atoms with Gasteiger partial charge in [0.25, 0.3) is 0 Å². The highest BCUT2D eigenvalue weighted by atomic mass is 16.6. The monoisotopic (exact) mass is 1090 g/mol. The first-order valence-corrected chi connectivity index (χ1v) is 22.8. The predicted octanol–water partition coefficient (Wildman–Crippen LogP) is 0.992. The van der Waals surface area contributed by atoms with Crippen LogP contribution in [-0.4, -0.2) is 169 Å². The average molecular weight is 1090 g/mol. The Morgan fingerprint density at radius 2 is 0.974 bits per heavy atom. The van der Waals surface area contributed by atoms with Gasteiger partial charge in [0, 0.05) is 30.2 Å². The summed E-state index contributed by atoms with van der Waals surface area (Å²) < 4.78 is 33.5. The van der Waals surface area contributed by atoms with Crippen molar-refractivity contribution in [1.82, 2.24) is 0 Å². The maximum atomic E-state index is 15.3. The van der Waals surface area contributed by atoms with Gasteiger partial charge in [-0.25, -0.2) is 24.0 Å². The molecule has 4 aromatic rings. The van der Waals surface area contributed by atoms with Gasteiger partial charge in [0.05, 0.1) is 24.7 Å². The van der Waals surface area contributed by atoms with Crippen LogP contribution in [0.15, 0.2) is 108 Å². The molecule has 410 valence electrons. The van der Waals surface area contributed by atoms with Crippen molar-refractivity contribution in [1.29, 1.82) is 0 Å². The Morgan fingerprint density at radius 1 is 0.538 bits per heavy atom. The zero-order valence-electron chi connectivity index (χ0n) is 39.7. The molecule has 78 heavy (non-hydrogen) atoms. The molecule has 0 spiro atoms. The molecule has 0 saturated carbocycles. The molecule has 0 radical (unpaired) electrons. The molecule has 4 aromatic carbocycles. The molecule has 14 N–H and O–H groups in total. The van der Waals surface area contributed by atoms with E-state index in [4.69, 9.17) is 28.4 Å². The summed E-state index contributed by atoms with van der Waals surface area (Å²) in [6.45, 7) is -2.34. The predicted molar refractivity (Wildman–Crippen MR) is 257 cm³/mol. The number of phenols is 8. The maximum Gasteiger partial charge on any atom is 0.370 e. The van der Waals surface area contributed by atoms with E-state index in [0.717, 1.165) is 85.0 Å². The van der Waals surface area contributed by atoms with Gasteiger partial charge in [-0.05, 0) is 94.6 Å². The number of fused-ring (bicyclic) bond motifs is 1. The summed E-state index contributed by atoms with van der Waals surface area (Å²) in [5.74, 6) is -20.7. The van der Waals surface area contributed by atoms with E-state index in [1.54, 1.807) is 0 Å². The number of aliphatic carboxylic acids is 2. The Morgan fingerprint density at radius 3 is 1.42 bits per heavy atom.